The molecule has 4 atom stereocenters. The van der Waals surface area contributed by atoms with Crippen molar-refractivity contribution in [3.05, 3.63) is 0 Å². The largest absolute Gasteiger partial charge is 0.361 e. The molecule has 2 aliphatic rings. The molecule has 0 amide bonds. The quantitative estimate of drug-likeness (QED) is 0.251. The van der Waals surface area contributed by atoms with E-state index in [0.29, 0.717) is 41.9 Å². The van der Waals surface area contributed by atoms with E-state index in [2.05, 4.69) is 41.5 Å². The van der Waals surface area contributed by atoms with Gasteiger partial charge in [-0.1, -0.05) is 55.4 Å². The average molecular weight is 451 g/mol. The zero-order chi connectivity index (χ0) is 24.2. The summed E-state index contributed by atoms with van der Waals surface area (Å²) in [6, 6.07) is 0. The summed E-state index contributed by atoms with van der Waals surface area (Å²) in [5.41, 5.74) is 0.0887. The Morgan fingerprint density at radius 2 is 1.31 bits per heavy atom. The molecule has 0 heterocycles. The van der Waals surface area contributed by atoms with Gasteiger partial charge in [0.2, 0.25) is 0 Å². The van der Waals surface area contributed by atoms with E-state index in [-0.39, 0.29) is 5.97 Å². The second kappa shape index (κ2) is 10.9. The average Bonchev–Trinajstić information content (AvgIpc) is 3.15. The molecular formula is C28H50O4. The highest BCUT2D eigenvalue weighted by Gasteiger charge is 2.44. The van der Waals surface area contributed by atoms with E-state index >= 15 is 0 Å². The molecule has 186 valence electrons. The zero-order valence-corrected chi connectivity index (χ0v) is 22.2. The molecule has 0 aromatic rings. The number of carbonyl (C=O) groups excluding carboxylic acids is 2. The maximum atomic E-state index is 13.0. The van der Waals surface area contributed by atoms with Crippen LogP contribution in [0, 0.1) is 39.9 Å². The van der Waals surface area contributed by atoms with Gasteiger partial charge >= 0.3 is 11.9 Å². The first-order valence-corrected chi connectivity index (χ1v) is 13.3. The summed E-state index contributed by atoms with van der Waals surface area (Å²) < 4.78 is 0. The molecule has 4 nitrogen and oxygen atoms in total. The first-order valence-electron chi connectivity index (χ1n) is 13.3. The van der Waals surface area contributed by atoms with E-state index in [1.165, 1.54) is 25.7 Å². The van der Waals surface area contributed by atoms with Gasteiger partial charge in [0.1, 0.15) is 0 Å². The van der Waals surface area contributed by atoms with Crippen molar-refractivity contribution in [3.8, 4) is 0 Å². The van der Waals surface area contributed by atoms with E-state index in [1.54, 1.807) is 0 Å². The van der Waals surface area contributed by atoms with Crippen LogP contribution in [0.4, 0.5) is 0 Å². The number of rotatable bonds is 10. The van der Waals surface area contributed by atoms with Crippen LogP contribution in [-0.4, -0.2) is 11.9 Å². The van der Waals surface area contributed by atoms with Gasteiger partial charge in [-0.15, -0.1) is 0 Å². The molecule has 0 spiro atoms. The summed E-state index contributed by atoms with van der Waals surface area (Å²) >= 11 is 0. The summed E-state index contributed by atoms with van der Waals surface area (Å²) in [5, 5.41) is 0. The van der Waals surface area contributed by atoms with Gasteiger partial charge in [0.25, 0.3) is 0 Å². The third-order valence-corrected chi connectivity index (χ3v) is 10.4. The summed E-state index contributed by atoms with van der Waals surface area (Å²) in [6.07, 6.45) is 10.4. The molecule has 2 fully saturated rings. The molecule has 0 aromatic carbocycles. The predicted octanol–water partition coefficient (Wildman–Crippen LogP) is 7.89. The first kappa shape index (κ1) is 27.2. The van der Waals surface area contributed by atoms with Crippen molar-refractivity contribution < 1.29 is 19.4 Å². The van der Waals surface area contributed by atoms with E-state index < -0.39 is 11.4 Å². The van der Waals surface area contributed by atoms with Crippen molar-refractivity contribution in [3.63, 3.8) is 0 Å². The Hall–Kier alpha value is -1.06. The molecule has 0 aliphatic heterocycles. The lowest BCUT2D eigenvalue weighted by Gasteiger charge is -2.34. The fourth-order valence-electron chi connectivity index (χ4n) is 6.38. The zero-order valence-electron chi connectivity index (χ0n) is 22.2. The van der Waals surface area contributed by atoms with Crippen LogP contribution in [0.2, 0.25) is 0 Å². The Balaban J connectivity index is 1.80. The SMILES string of the molecule is CCC(CC)(CCC1CCC(C)C1(C)C)C(=O)OOC(=O)CCCC1CCC(C)C1(C)C. The lowest BCUT2D eigenvalue weighted by molar-refractivity contribution is -0.267. The Morgan fingerprint density at radius 1 is 0.812 bits per heavy atom. The van der Waals surface area contributed by atoms with E-state index in [1.807, 2.05) is 13.8 Å². The molecule has 0 N–H and O–H groups in total. The van der Waals surface area contributed by atoms with Gasteiger partial charge in [-0.3, -0.25) is 0 Å². The monoisotopic (exact) mass is 450 g/mol. The van der Waals surface area contributed by atoms with Crippen molar-refractivity contribution in [2.24, 2.45) is 39.9 Å². The summed E-state index contributed by atoms with van der Waals surface area (Å²) in [6.45, 7) is 18.2. The standard InChI is InChI=1S/C28H50O4/c1-9-28(10-2,19-18-23-17-15-21(4)27(23,7)8)25(30)32-31-24(29)13-11-12-22-16-14-20(3)26(22,5)6/h20-23H,9-19H2,1-8H3. The van der Waals surface area contributed by atoms with Crippen molar-refractivity contribution in [1.29, 1.82) is 0 Å². The van der Waals surface area contributed by atoms with Crippen molar-refractivity contribution >= 4 is 11.9 Å². The van der Waals surface area contributed by atoms with Gasteiger partial charge in [-0.2, -0.15) is 0 Å². The van der Waals surface area contributed by atoms with Crippen LogP contribution in [0.5, 0.6) is 0 Å². The van der Waals surface area contributed by atoms with Gasteiger partial charge in [0.15, 0.2) is 0 Å². The third-order valence-electron chi connectivity index (χ3n) is 10.4. The minimum Gasteiger partial charge on any atom is -0.247 e. The smallest absolute Gasteiger partial charge is 0.247 e. The number of carbonyl (C=O) groups is 2. The molecule has 2 aliphatic carbocycles. The minimum atomic E-state index is -0.563. The summed E-state index contributed by atoms with van der Waals surface area (Å²) in [7, 11) is 0. The number of hydrogen-bond acceptors (Lipinski definition) is 4. The molecule has 0 bridgehead atoms. The van der Waals surface area contributed by atoms with Crippen LogP contribution in [-0.2, 0) is 19.4 Å². The van der Waals surface area contributed by atoms with Crippen LogP contribution in [0.3, 0.4) is 0 Å². The fourth-order valence-corrected chi connectivity index (χ4v) is 6.38. The molecule has 0 saturated heterocycles. The maximum Gasteiger partial charge on any atom is 0.361 e. The molecule has 4 heteroatoms. The Bertz CT molecular complexity index is 631. The fraction of sp³-hybridized carbons (Fsp3) is 0.929. The highest BCUT2D eigenvalue weighted by Crippen LogP contribution is 2.51. The summed E-state index contributed by atoms with van der Waals surface area (Å²) in [5.74, 6) is 1.95. The van der Waals surface area contributed by atoms with Gasteiger partial charge in [-0.25, -0.2) is 19.4 Å². The van der Waals surface area contributed by atoms with Gasteiger partial charge in [0, 0.05) is 0 Å². The van der Waals surface area contributed by atoms with Crippen LogP contribution < -0.4 is 0 Å². The van der Waals surface area contributed by atoms with Crippen molar-refractivity contribution in [1.82, 2.24) is 0 Å². The van der Waals surface area contributed by atoms with Crippen molar-refractivity contribution in [2.75, 3.05) is 0 Å². The van der Waals surface area contributed by atoms with Gasteiger partial charge in [-0.05, 0) is 98.7 Å². The van der Waals surface area contributed by atoms with E-state index in [4.69, 9.17) is 9.78 Å². The molecule has 0 aromatic heterocycles. The third kappa shape index (κ3) is 5.89. The summed E-state index contributed by atoms with van der Waals surface area (Å²) in [4.78, 5) is 35.3. The highest BCUT2D eigenvalue weighted by atomic mass is 17.2. The Kier molecular flexibility index (Phi) is 9.27. The van der Waals surface area contributed by atoms with Crippen LogP contribution in [0.1, 0.15) is 126 Å². The second-order valence-electron chi connectivity index (χ2n) is 12.2. The van der Waals surface area contributed by atoms with Crippen LogP contribution in [0.25, 0.3) is 0 Å². The lowest BCUT2D eigenvalue weighted by atomic mass is 9.70. The molecule has 0 radical (unpaired) electrons. The number of hydrogen-bond donors (Lipinski definition) is 0. The topological polar surface area (TPSA) is 52.6 Å². The molecule has 2 saturated carbocycles. The van der Waals surface area contributed by atoms with Crippen molar-refractivity contribution in [2.45, 2.75) is 126 Å². The molecule has 4 unspecified atom stereocenters. The van der Waals surface area contributed by atoms with E-state index in [9.17, 15) is 9.59 Å². The molecule has 2 rings (SSSR count). The second-order valence-corrected chi connectivity index (χ2v) is 12.2. The van der Waals surface area contributed by atoms with E-state index in [0.717, 1.165) is 37.5 Å². The Labute approximate surface area is 197 Å². The maximum absolute atomic E-state index is 13.0. The lowest BCUT2D eigenvalue weighted by Crippen LogP contribution is -2.34. The highest BCUT2D eigenvalue weighted by molar-refractivity contribution is 5.77. The first-order chi connectivity index (χ1) is 14.9. The normalized spacial score (nSPS) is 29.1. The van der Waals surface area contributed by atoms with Gasteiger partial charge < -0.3 is 0 Å². The predicted molar refractivity (Wildman–Crippen MR) is 130 cm³/mol. The molecule has 32 heavy (non-hydrogen) atoms. The molecular weight excluding hydrogens is 400 g/mol. The van der Waals surface area contributed by atoms with Crippen LogP contribution in [0.15, 0.2) is 0 Å². The minimum absolute atomic E-state index is 0.313. The van der Waals surface area contributed by atoms with Crippen LogP contribution >= 0.6 is 0 Å². The Morgan fingerprint density at radius 3 is 1.75 bits per heavy atom. The van der Waals surface area contributed by atoms with Gasteiger partial charge in [0.05, 0.1) is 11.8 Å².